The summed E-state index contributed by atoms with van der Waals surface area (Å²) in [6.45, 7) is 2.97. The molecule has 0 spiro atoms. The number of thiophene rings is 1. The predicted molar refractivity (Wildman–Crippen MR) is 87.8 cm³/mol. The van der Waals surface area contributed by atoms with E-state index in [2.05, 4.69) is 47.3 Å². The maximum Gasteiger partial charge on any atom is 0.310 e. The molecule has 0 bridgehead atoms. The molecule has 0 aliphatic heterocycles. The second-order valence-electron chi connectivity index (χ2n) is 4.92. The average Bonchev–Trinajstić information content (AvgIpc) is 2.94. The number of carbonyl (C=O) groups excluding carboxylic acids is 1. The molecule has 0 radical (unpaired) electrons. The second-order valence-corrected chi connectivity index (χ2v) is 6.17. The van der Waals surface area contributed by atoms with Gasteiger partial charge >= 0.3 is 5.97 Å². The van der Waals surface area contributed by atoms with Gasteiger partial charge in [0.1, 0.15) is 0 Å². The number of hydrogen-bond donors (Lipinski definition) is 1. The lowest BCUT2D eigenvalue weighted by atomic mass is 10.1. The van der Waals surface area contributed by atoms with E-state index in [1.54, 1.807) is 11.3 Å². The van der Waals surface area contributed by atoms with Crippen molar-refractivity contribution >= 4 is 23.0 Å². The van der Waals surface area contributed by atoms with Crippen LogP contribution < -0.4 is 5.32 Å². The van der Waals surface area contributed by atoms with Crippen LogP contribution in [0.1, 0.15) is 28.7 Å². The van der Waals surface area contributed by atoms with Gasteiger partial charge in [0.25, 0.3) is 0 Å². The maximum atomic E-state index is 11.2. The van der Waals surface area contributed by atoms with Crippen molar-refractivity contribution in [3.63, 3.8) is 0 Å². The summed E-state index contributed by atoms with van der Waals surface area (Å²) in [5.41, 5.74) is 2.50. The fourth-order valence-corrected chi connectivity index (χ4v) is 3.04. The highest BCUT2D eigenvalue weighted by Crippen LogP contribution is 2.19. The van der Waals surface area contributed by atoms with Crippen LogP contribution in [-0.2, 0) is 28.9 Å². The van der Waals surface area contributed by atoms with Crippen molar-refractivity contribution in [2.24, 2.45) is 0 Å². The standard InChI is InChI=1S/C17H21NO2S/c1-3-4-13-5-7-14(8-6-13)18-12-16-10-9-15(21-16)11-17(19)20-2/h5-10,18H,3-4,11-12H2,1-2H3. The smallest absolute Gasteiger partial charge is 0.310 e. The molecule has 0 saturated carbocycles. The molecule has 0 fully saturated rings. The van der Waals surface area contributed by atoms with E-state index in [0.717, 1.165) is 23.5 Å². The monoisotopic (exact) mass is 303 g/mol. The molecule has 0 aliphatic rings. The van der Waals surface area contributed by atoms with Gasteiger partial charge in [-0.05, 0) is 36.2 Å². The Labute approximate surface area is 130 Å². The fourth-order valence-electron chi connectivity index (χ4n) is 2.09. The Kier molecular flexibility index (Phi) is 5.81. The molecular weight excluding hydrogens is 282 g/mol. The van der Waals surface area contributed by atoms with E-state index >= 15 is 0 Å². The molecule has 0 atom stereocenters. The minimum Gasteiger partial charge on any atom is -0.469 e. The Morgan fingerprint density at radius 2 is 1.86 bits per heavy atom. The predicted octanol–water partition coefficient (Wildman–Crippen LogP) is 4.03. The lowest BCUT2D eigenvalue weighted by Gasteiger charge is -2.06. The number of hydrogen-bond acceptors (Lipinski definition) is 4. The number of carbonyl (C=O) groups is 1. The van der Waals surface area contributed by atoms with Gasteiger partial charge in [0.05, 0.1) is 13.5 Å². The van der Waals surface area contributed by atoms with E-state index in [1.165, 1.54) is 24.0 Å². The van der Waals surface area contributed by atoms with Crippen molar-refractivity contribution in [3.05, 3.63) is 51.7 Å². The lowest BCUT2D eigenvalue weighted by molar-refractivity contribution is -0.139. The number of methoxy groups -OCH3 is 1. The van der Waals surface area contributed by atoms with E-state index in [1.807, 2.05) is 6.07 Å². The SMILES string of the molecule is CCCc1ccc(NCc2ccc(CC(=O)OC)s2)cc1. The van der Waals surface area contributed by atoms with Gasteiger partial charge < -0.3 is 10.1 Å². The normalized spacial score (nSPS) is 10.4. The Morgan fingerprint density at radius 3 is 2.52 bits per heavy atom. The number of esters is 1. The zero-order chi connectivity index (χ0) is 15.1. The summed E-state index contributed by atoms with van der Waals surface area (Å²) in [6.07, 6.45) is 2.65. The Morgan fingerprint density at radius 1 is 1.14 bits per heavy atom. The van der Waals surface area contributed by atoms with Crippen molar-refractivity contribution in [3.8, 4) is 0 Å². The van der Waals surface area contributed by atoms with Gasteiger partial charge in [-0.2, -0.15) is 0 Å². The second kappa shape index (κ2) is 7.84. The summed E-state index contributed by atoms with van der Waals surface area (Å²) in [6, 6.07) is 12.6. The van der Waals surface area contributed by atoms with Gasteiger partial charge in [0, 0.05) is 22.0 Å². The molecule has 21 heavy (non-hydrogen) atoms. The molecular formula is C17H21NO2S. The zero-order valence-corrected chi connectivity index (χ0v) is 13.3. The minimum absolute atomic E-state index is 0.192. The summed E-state index contributed by atoms with van der Waals surface area (Å²) in [5, 5.41) is 3.41. The molecule has 0 unspecified atom stereocenters. The topological polar surface area (TPSA) is 38.3 Å². The van der Waals surface area contributed by atoms with Crippen LogP contribution in [-0.4, -0.2) is 13.1 Å². The summed E-state index contributed by atoms with van der Waals surface area (Å²) in [5.74, 6) is -0.192. The third-order valence-electron chi connectivity index (χ3n) is 3.22. The third-order valence-corrected chi connectivity index (χ3v) is 4.31. The number of nitrogens with one attached hydrogen (secondary N) is 1. The molecule has 3 nitrogen and oxygen atoms in total. The molecule has 0 aliphatic carbocycles. The van der Waals surface area contributed by atoms with Crippen molar-refractivity contribution in [2.45, 2.75) is 32.7 Å². The van der Waals surface area contributed by atoms with Crippen LogP contribution in [0, 0.1) is 0 Å². The summed E-state index contributed by atoms with van der Waals surface area (Å²) < 4.78 is 4.68. The number of aryl methyl sites for hydroxylation is 1. The molecule has 1 aromatic carbocycles. The van der Waals surface area contributed by atoms with Gasteiger partial charge in [-0.25, -0.2) is 0 Å². The van der Waals surface area contributed by atoms with Crippen LogP contribution in [0.2, 0.25) is 0 Å². The van der Waals surface area contributed by atoms with Crippen molar-refractivity contribution in [2.75, 3.05) is 12.4 Å². The van der Waals surface area contributed by atoms with Crippen LogP contribution in [0.5, 0.6) is 0 Å². The van der Waals surface area contributed by atoms with Crippen LogP contribution in [0.4, 0.5) is 5.69 Å². The number of ether oxygens (including phenoxy) is 1. The molecule has 0 saturated heterocycles. The Balaban J connectivity index is 1.86. The molecule has 2 rings (SSSR count). The highest BCUT2D eigenvalue weighted by atomic mass is 32.1. The lowest BCUT2D eigenvalue weighted by Crippen LogP contribution is -2.02. The first-order chi connectivity index (χ1) is 10.2. The Bertz CT molecular complexity index is 575. The van der Waals surface area contributed by atoms with E-state index in [9.17, 15) is 4.79 Å². The first-order valence-electron chi connectivity index (χ1n) is 7.18. The average molecular weight is 303 g/mol. The summed E-state index contributed by atoms with van der Waals surface area (Å²) in [4.78, 5) is 13.5. The Hall–Kier alpha value is -1.81. The van der Waals surface area contributed by atoms with Crippen LogP contribution in [0.15, 0.2) is 36.4 Å². The van der Waals surface area contributed by atoms with Gasteiger partial charge in [0.15, 0.2) is 0 Å². The van der Waals surface area contributed by atoms with E-state index in [0.29, 0.717) is 6.42 Å². The van der Waals surface area contributed by atoms with E-state index in [-0.39, 0.29) is 5.97 Å². The zero-order valence-electron chi connectivity index (χ0n) is 12.5. The quantitative estimate of drug-likeness (QED) is 0.785. The maximum absolute atomic E-state index is 11.2. The highest BCUT2D eigenvalue weighted by Gasteiger charge is 2.06. The van der Waals surface area contributed by atoms with Crippen LogP contribution in [0.3, 0.4) is 0 Å². The minimum atomic E-state index is -0.192. The van der Waals surface area contributed by atoms with E-state index < -0.39 is 0 Å². The van der Waals surface area contributed by atoms with Gasteiger partial charge in [-0.1, -0.05) is 25.5 Å². The third kappa shape index (κ3) is 4.90. The van der Waals surface area contributed by atoms with Gasteiger partial charge in [-0.3, -0.25) is 4.79 Å². The van der Waals surface area contributed by atoms with Crippen LogP contribution in [0.25, 0.3) is 0 Å². The molecule has 4 heteroatoms. The van der Waals surface area contributed by atoms with Gasteiger partial charge in [0.2, 0.25) is 0 Å². The largest absolute Gasteiger partial charge is 0.469 e. The fraction of sp³-hybridized carbons (Fsp3) is 0.353. The molecule has 1 N–H and O–H groups in total. The van der Waals surface area contributed by atoms with Gasteiger partial charge in [-0.15, -0.1) is 11.3 Å². The first-order valence-corrected chi connectivity index (χ1v) is 8.00. The van der Waals surface area contributed by atoms with Crippen LogP contribution >= 0.6 is 11.3 Å². The molecule has 0 amide bonds. The molecule has 1 aromatic heterocycles. The van der Waals surface area contributed by atoms with Crippen molar-refractivity contribution in [1.82, 2.24) is 0 Å². The first kappa shape index (κ1) is 15.6. The number of rotatable bonds is 7. The summed E-state index contributed by atoms with van der Waals surface area (Å²) in [7, 11) is 1.42. The van der Waals surface area contributed by atoms with Crippen molar-refractivity contribution in [1.29, 1.82) is 0 Å². The number of anilines is 1. The highest BCUT2D eigenvalue weighted by molar-refractivity contribution is 7.12. The van der Waals surface area contributed by atoms with Crippen molar-refractivity contribution < 1.29 is 9.53 Å². The molecule has 1 heterocycles. The molecule has 2 aromatic rings. The number of benzene rings is 1. The molecule has 112 valence electrons. The van der Waals surface area contributed by atoms with E-state index in [4.69, 9.17) is 0 Å². The summed E-state index contributed by atoms with van der Waals surface area (Å²) >= 11 is 1.64.